The molecule has 19 heavy (non-hydrogen) atoms. The van der Waals surface area contributed by atoms with Crippen LogP contribution in [0.3, 0.4) is 0 Å². The Morgan fingerprint density at radius 3 is 2.26 bits per heavy atom. The van der Waals surface area contributed by atoms with Crippen molar-refractivity contribution in [3.63, 3.8) is 0 Å². The molecule has 0 spiro atoms. The van der Waals surface area contributed by atoms with Gasteiger partial charge in [0.1, 0.15) is 0 Å². The Labute approximate surface area is 115 Å². The molecule has 0 aromatic carbocycles. The van der Waals surface area contributed by atoms with E-state index in [0.29, 0.717) is 6.54 Å². The van der Waals surface area contributed by atoms with Gasteiger partial charge in [-0.15, -0.1) is 0 Å². The van der Waals surface area contributed by atoms with Gasteiger partial charge in [-0.25, -0.2) is 0 Å². The van der Waals surface area contributed by atoms with E-state index < -0.39 is 17.3 Å². The summed E-state index contributed by atoms with van der Waals surface area (Å²) < 4.78 is 0. The number of hydrogen-bond donors (Lipinski definition) is 2. The standard InChI is InChI=1S/C14H26N2O3/c1-5-8-16(6-2)9-7-15-12(17)10-11(13(18)19)14(10,3)4/h10-11H,5-9H2,1-4H3,(H,15,17)(H,18,19). The summed E-state index contributed by atoms with van der Waals surface area (Å²) in [5.74, 6) is -1.91. The molecule has 0 bridgehead atoms. The molecule has 2 atom stereocenters. The van der Waals surface area contributed by atoms with Gasteiger partial charge in [-0.1, -0.05) is 27.7 Å². The zero-order valence-corrected chi connectivity index (χ0v) is 12.4. The Balaban J connectivity index is 2.35. The van der Waals surface area contributed by atoms with Crippen molar-refractivity contribution in [2.75, 3.05) is 26.2 Å². The van der Waals surface area contributed by atoms with Crippen LogP contribution in [0, 0.1) is 17.3 Å². The molecule has 0 saturated heterocycles. The first kappa shape index (κ1) is 16.0. The minimum atomic E-state index is -0.869. The number of likely N-dealkylation sites (N-methyl/N-ethyl adjacent to an activating group) is 1. The van der Waals surface area contributed by atoms with Crippen molar-refractivity contribution in [2.24, 2.45) is 17.3 Å². The smallest absolute Gasteiger partial charge is 0.307 e. The second kappa shape index (κ2) is 6.37. The van der Waals surface area contributed by atoms with Gasteiger partial charge >= 0.3 is 5.97 Å². The van der Waals surface area contributed by atoms with Gasteiger partial charge < -0.3 is 15.3 Å². The molecule has 1 aliphatic rings. The van der Waals surface area contributed by atoms with Crippen LogP contribution in [-0.4, -0.2) is 48.1 Å². The van der Waals surface area contributed by atoms with Crippen molar-refractivity contribution in [3.05, 3.63) is 0 Å². The molecule has 5 heteroatoms. The first-order chi connectivity index (χ1) is 8.86. The summed E-state index contributed by atoms with van der Waals surface area (Å²) >= 11 is 0. The maximum atomic E-state index is 12.0. The lowest BCUT2D eigenvalue weighted by atomic mass is 10.1. The molecule has 1 saturated carbocycles. The van der Waals surface area contributed by atoms with Crippen LogP contribution in [-0.2, 0) is 9.59 Å². The Bertz CT molecular complexity index is 342. The molecule has 110 valence electrons. The van der Waals surface area contributed by atoms with Crippen molar-refractivity contribution < 1.29 is 14.7 Å². The fourth-order valence-corrected chi connectivity index (χ4v) is 2.78. The molecule has 0 aromatic rings. The number of carboxylic acids is 1. The van der Waals surface area contributed by atoms with E-state index in [1.807, 2.05) is 13.8 Å². The lowest BCUT2D eigenvalue weighted by Gasteiger charge is -2.19. The number of carbonyl (C=O) groups excluding carboxylic acids is 1. The van der Waals surface area contributed by atoms with Crippen LogP contribution in [0.25, 0.3) is 0 Å². The first-order valence-electron chi connectivity index (χ1n) is 7.09. The van der Waals surface area contributed by atoms with E-state index in [1.54, 1.807) is 0 Å². The van der Waals surface area contributed by atoms with Crippen molar-refractivity contribution in [1.29, 1.82) is 0 Å². The third kappa shape index (κ3) is 3.69. The SMILES string of the molecule is CCCN(CC)CCNC(=O)C1C(C(=O)O)C1(C)C. The zero-order chi connectivity index (χ0) is 14.6. The van der Waals surface area contributed by atoms with Crippen molar-refractivity contribution >= 4 is 11.9 Å². The number of aliphatic carboxylic acids is 1. The summed E-state index contributed by atoms with van der Waals surface area (Å²) in [7, 11) is 0. The predicted octanol–water partition coefficient (Wildman–Crippen LogP) is 1.19. The Kier molecular flexibility index (Phi) is 5.35. The van der Waals surface area contributed by atoms with Gasteiger partial charge in [0, 0.05) is 13.1 Å². The summed E-state index contributed by atoms with van der Waals surface area (Å²) in [5, 5.41) is 11.9. The van der Waals surface area contributed by atoms with Gasteiger partial charge in [-0.2, -0.15) is 0 Å². The molecular formula is C14H26N2O3. The largest absolute Gasteiger partial charge is 0.481 e. The topological polar surface area (TPSA) is 69.6 Å². The Morgan fingerprint density at radius 2 is 1.84 bits per heavy atom. The molecule has 0 heterocycles. The minimum absolute atomic E-state index is 0.120. The third-order valence-corrected chi connectivity index (χ3v) is 4.09. The highest BCUT2D eigenvalue weighted by atomic mass is 16.4. The molecule has 1 aliphatic carbocycles. The Morgan fingerprint density at radius 1 is 1.21 bits per heavy atom. The quantitative estimate of drug-likeness (QED) is 0.695. The van der Waals surface area contributed by atoms with Gasteiger partial charge in [0.05, 0.1) is 11.8 Å². The van der Waals surface area contributed by atoms with E-state index in [-0.39, 0.29) is 11.8 Å². The lowest BCUT2D eigenvalue weighted by molar-refractivity contribution is -0.140. The molecule has 1 amide bonds. The molecule has 2 unspecified atom stereocenters. The average Bonchev–Trinajstić information content (AvgIpc) is 2.91. The van der Waals surface area contributed by atoms with E-state index in [4.69, 9.17) is 5.11 Å². The summed E-state index contributed by atoms with van der Waals surface area (Å²) in [6, 6.07) is 0. The molecular weight excluding hydrogens is 244 g/mol. The number of rotatable bonds is 8. The van der Waals surface area contributed by atoms with Gasteiger partial charge in [0.15, 0.2) is 0 Å². The van der Waals surface area contributed by atoms with Crippen LogP contribution in [0.2, 0.25) is 0 Å². The van der Waals surface area contributed by atoms with Gasteiger partial charge in [0.2, 0.25) is 5.91 Å². The fourth-order valence-electron chi connectivity index (χ4n) is 2.78. The Hall–Kier alpha value is -1.10. The molecule has 0 radical (unpaired) electrons. The zero-order valence-electron chi connectivity index (χ0n) is 12.4. The van der Waals surface area contributed by atoms with E-state index >= 15 is 0 Å². The number of nitrogens with one attached hydrogen (secondary N) is 1. The second-order valence-electron chi connectivity index (χ2n) is 5.84. The van der Waals surface area contributed by atoms with Gasteiger partial charge in [-0.3, -0.25) is 9.59 Å². The highest BCUT2D eigenvalue weighted by molar-refractivity contribution is 5.91. The van der Waals surface area contributed by atoms with E-state index in [9.17, 15) is 9.59 Å². The van der Waals surface area contributed by atoms with E-state index in [2.05, 4.69) is 24.1 Å². The van der Waals surface area contributed by atoms with Crippen LogP contribution in [0.1, 0.15) is 34.1 Å². The van der Waals surface area contributed by atoms with Crippen LogP contribution in [0.5, 0.6) is 0 Å². The number of hydrogen-bond acceptors (Lipinski definition) is 3. The summed E-state index contributed by atoms with van der Waals surface area (Å²) in [6.07, 6.45) is 1.10. The maximum Gasteiger partial charge on any atom is 0.307 e. The normalized spacial score (nSPS) is 24.3. The maximum absolute atomic E-state index is 12.0. The lowest BCUT2D eigenvalue weighted by Crippen LogP contribution is -2.36. The van der Waals surface area contributed by atoms with Crippen LogP contribution < -0.4 is 5.32 Å². The predicted molar refractivity (Wildman–Crippen MR) is 73.8 cm³/mol. The monoisotopic (exact) mass is 270 g/mol. The number of carbonyl (C=O) groups is 2. The van der Waals surface area contributed by atoms with Crippen molar-refractivity contribution in [3.8, 4) is 0 Å². The number of amides is 1. The summed E-state index contributed by atoms with van der Waals surface area (Å²) in [4.78, 5) is 25.3. The van der Waals surface area contributed by atoms with Crippen LogP contribution in [0.4, 0.5) is 0 Å². The van der Waals surface area contributed by atoms with Crippen molar-refractivity contribution in [1.82, 2.24) is 10.2 Å². The molecule has 1 fully saturated rings. The molecule has 2 N–H and O–H groups in total. The molecule has 0 aromatic heterocycles. The highest BCUT2D eigenvalue weighted by Gasteiger charge is 2.65. The fraction of sp³-hybridized carbons (Fsp3) is 0.857. The van der Waals surface area contributed by atoms with E-state index in [0.717, 1.165) is 26.1 Å². The second-order valence-corrected chi connectivity index (χ2v) is 5.84. The molecule has 0 aliphatic heterocycles. The van der Waals surface area contributed by atoms with Crippen LogP contribution in [0.15, 0.2) is 0 Å². The summed E-state index contributed by atoms with van der Waals surface area (Å²) in [5.41, 5.74) is -0.413. The molecule has 1 rings (SSSR count). The van der Waals surface area contributed by atoms with Crippen LogP contribution >= 0.6 is 0 Å². The van der Waals surface area contributed by atoms with Gasteiger partial charge in [-0.05, 0) is 24.9 Å². The highest BCUT2D eigenvalue weighted by Crippen LogP contribution is 2.58. The number of nitrogens with zero attached hydrogens (tertiary/aromatic N) is 1. The average molecular weight is 270 g/mol. The minimum Gasteiger partial charge on any atom is -0.481 e. The van der Waals surface area contributed by atoms with Crippen molar-refractivity contribution in [2.45, 2.75) is 34.1 Å². The van der Waals surface area contributed by atoms with E-state index in [1.165, 1.54) is 0 Å². The van der Waals surface area contributed by atoms with Gasteiger partial charge in [0.25, 0.3) is 0 Å². The molecule has 5 nitrogen and oxygen atoms in total. The number of carboxylic acid groups (broad SMARTS) is 1. The summed E-state index contributed by atoms with van der Waals surface area (Å²) in [6.45, 7) is 11.3. The third-order valence-electron chi connectivity index (χ3n) is 4.09. The first-order valence-corrected chi connectivity index (χ1v) is 7.09.